The normalized spacial score (nSPS) is 44.5. The Kier molecular flexibility index (Phi) is 4.20. The molecule has 7 heteroatoms. The van der Waals surface area contributed by atoms with Crippen LogP contribution in [0.2, 0.25) is 0 Å². The summed E-state index contributed by atoms with van der Waals surface area (Å²) in [6.45, 7) is -1.36. The molecule has 0 amide bonds. The zero-order valence-corrected chi connectivity index (χ0v) is 6.79. The first kappa shape index (κ1) is 12.7. The van der Waals surface area contributed by atoms with Crippen molar-refractivity contribution in [2.24, 2.45) is 0 Å². The summed E-state index contributed by atoms with van der Waals surface area (Å²) in [6, 6.07) is 0. The molecule has 0 aromatic carbocycles. The fourth-order valence-corrected chi connectivity index (χ4v) is 1.15. The molecule has 0 aromatic heterocycles. The van der Waals surface area contributed by atoms with Crippen LogP contribution in [-0.4, -0.2) is 68.3 Å². The van der Waals surface area contributed by atoms with Gasteiger partial charge in [-0.1, -0.05) is 0 Å². The molecule has 0 saturated carbocycles. The number of ether oxygens (including phenoxy) is 1. The topological polar surface area (TPSA) is 142 Å². The lowest BCUT2D eigenvalue weighted by atomic mass is 10.1. The molecule has 1 saturated heterocycles. The molecular weight excluding hydrogens is 184 g/mol. The van der Waals surface area contributed by atoms with Gasteiger partial charge in [0, 0.05) is 0 Å². The molecule has 1 aliphatic rings. The molecule has 4 atom stereocenters. The highest BCUT2D eigenvalue weighted by molar-refractivity contribution is 4.94. The summed E-state index contributed by atoms with van der Waals surface area (Å²) in [4.78, 5) is 0. The van der Waals surface area contributed by atoms with Gasteiger partial charge < -0.3 is 35.7 Å². The second-order valence-electron chi connectivity index (χ2n) is 2.78. The molecule has 13 heavy (non-hydrogen) atoms. The van der Waals surface area contributed by atoms with Gasteiger partial charge in [-0.05, 0) is 0 Å². The van der Waals surface area contributed by atoms with Gasteiger partial charge in [-0.15, -0.1) is 0 Å². The second-order valence-corrected chi connectivity index (χ2v) is 2.78. The van der Waals surface area contributed by atoms with Crippen LogP contribution in [0.1, 0.15) is 0 Å². The molecule has 0 bridgehead atoms. The van der Waals surface area contributed by atoms with Crippen LogP contribution in [0.25, 0.3) is 0 Å². The maximum atomic E-state index is 9.25. The lowest BCUT2D eigenvalue weighted by Gasteiger charge is -2.22. The van der Waals surface area contributed by atoms with Crippen molar-refractivity contribution < 1.29 is 35.7 Å². The van der Waals surface area contributed by atoms with E-state index in [1.807, 2.05) is 0 Å². The van der Waals surface area contributed by atoms with Crippen molar-refractivity contribution in [1.82, 2.24) is 0 Å². The highest BCUT2D eigenvalue weighted by Gasteiger charge is 2.52. The van der Waals surface area contributed by atoms with E-state index >= 15 is 0 Å². The van der Waals surface area contributed by atoms with Crippen LogP contribution in [0.5, 0.6) is 0 Å². The molecule has 0 aliphatic carbocycles. The zero-order valence-electron chi connectivity index (χ0n) is 6.79. The van der Waals surface area contributed by atoms with Crippen molar-refractivity contribution in [2.75, 3.05) is 13.2 Å². The van der Waals surface area contributed by atoms with Crippen molar-refractivity contribution in [3.05, 3.63) is 0 Å². The monoisotopic (exact) mass is 198 g/mol. The summed E-state index contributed by atoms with van der Waals surface area (Å²) in [5.74, 6) is -2.16. The second kappa shape index (κ2) is 4.29. The Bertz CT molecular complexity index is 163. The summed E-state index contributed by atoms with van der Waals surface area (Å²) in [6.07, 6.45) is -4.04. The molecule has 1 aliphatic heterocycles. The third kappa shape index (κ3) is 1.97. The van der Waals surface area contributed by atoms with Crippen LogP contribution >= 0.6 is 0 Å². The van der Waals surface area contributed by atoms with E-state index in [1.54, 1.807) is 0 Å². The highest BCUT2D eigenvalue weighted by Crippen LogP contribution is 2.28. The average molecular weight is 198 g/mol. The maximum absolute atomic E-state index is 9.25. The number of rotatable bonds is 2. The van der Waals surface area contributed by atoms with Gasteiger partial charge in [0.25, 0.3) is 0 Å². The van der Waals surface area contributed by atoms with Crippen molar-refractivity contribution in [1.29, 1.82) is 0 Å². The quantitative estimate of drug-likeness (QED) is 0.305. The van der Waals surface area contributed by atoms with Gasteiger partial charge in [0.1, 0.15) is 18.3 Å². The first-order chi connectivity index (χ1) is 5.55. The predicted octanol–water partition coefficient (Wildman–Crippen LogP) is -4.04. The van der Waals surface area contributed by atoms with Crippen LogP contribution in [0.15, 0.2) is 0 Å². The van der Waals surface area contributed by atoms with Gasteiger partial charge in [0.2, 0.25) is 5.79 Å². The van der Waals surface area contributed by atoms with Gasteiger partial charge in [-0.2, -0.15) is 0 Å². The number of hydrogen-bond acceptors (Lipinski definition) is 6. The molecule has 1 unspecified atom stereocenters. The average Bonchev–Trinajstić information content (AvgIpc) is 2.31. The number of aliphatic hydroxyl groups excluding tert-OH is 4. The van der Waals surface area contributed by atoms with Crippen molar-refractivity contribution in [3.8, 4) is 0 Å². The SMILES string of the molecule is O.OC[C@H]1OC(O)(CO)[C@@H](O)[C@@H]1O. The van der Waals surface area contributed by atoms with E-state index in [4.69, 9.17) is 20.4 Å². The summed E-state index contributed by atoms with van der Waals surface area (Å²) in [5.41, 5.74) is 0. The molecule has 7 nitrogen and oxygen atoms in total. The third-order valence-corrected chi connectivity index (χ3v) is 1.93. The maximum Gasteiger partial charge on any atom is 0.219 e. The van der Waals surface area contributed by atoms with Gasteiger partial charge in [-0.3, -0.25) is 0 Å². The largest absolute Gasteiger partial charge is 0.412 e. The fourth-order valence-electron chi connectivity index (χ4n) is 1.15. The zero-order chi connectivity index (χ0) is 9.35. The Morgan fingerprint density at radius 2 is 1.77 bits per heavy atom. The van der Waals surface area contributed by atoms with E-state index in [1.165, 1.54) is 0 Å². The van der Waals surface area contributed by atoms with Crippen molar-refractivity contribution in [3.63, 3.8) is 0 Å². The molecule has 1 fully saturated rings. The summed E-state index contributed by atoms with van der Waals surface area (Å²) in [5, 5.41) is 44.7. The number of hydrogen-bond donors (Lipinski definition) is 5. The van der Waals surface area contributed by atoms with Gasteiger partial charge in [0.05, 0.1) is 13.2 Å². The smallest absolute Gasteiger partial charge is 0.219 e. The van der Waals surface area contributed by atoms with Crippen molar-refractivity contribution in [2.45, 2.75) is 24.1 Å². The Hall–Kier alpha value is -0.280. The first-order valence-corrected chi connectivity index (χ1v) is 3.53. The van der Waals surface area contributed by atoms with E-state index in [9.17, 15) is 5.11 Å². The highest BCUT2D eigenvalue weighted by atomic mass is 16.7. The fraction of sp³-hybridized carbons (Fsp3) is 1.00. The third-order valence-electron chi connectivity index (χ3n) is 1.93. The Morgan fingerprint density at radius 1 is 1.23 bits per heavy atom. The van der Waals surface area contributed by atoms with E-state index < -0.39 is 37.3 Å². The minimum Gasteiger partial charge on any atom is -0.412 e. The predicted molar refractivity (Wildman–Crippen MR) is 39.6 cm³/mol. The Labute approximate surface area is 74.1 Å². The molecule has 7 N–H and O–H groups in total. The molecule has 80 valence electrons. The van der Waals surface area contributed by atoms with E-state index in [-0.39, 0.29) is 5.48 Å². The van der Waals surface area contributed by atoms with Crippen LogP contribution in [0.3, 0.4) is 0 Å². The lowest BCUT2D eigenvalue weighted by molar-refractivity contribution is -0.248. The standard InChI is InChI=1S/C6H12O6.H2O/c7-1-3-4(9)5(10)6(11,2-8)12-3;/h3-5,7-11H,1-2H2;1H2/t3-,4-,5+,6?;/m1./s1. The van der Waals surface area contributed by atoms with Crippen LogP contribution in [0, 0.1) is 0 Å². The molecule has 1 rings (SSSR count). The minimum absolute atomic E-state index is 0. The van der Waals surface area contributed by atoms with Gasteiger partial charge in [0.15, 0.2) is 0 Å². The molecule has 1 heterocycles. The Balaban J connectivity index is 0.00000144. The van der Waals surface area contributed by atoms with Crippen molar-refractivity contribution >= 4 is 0 Å². The summed E-state index contributed by atoms with van der Waals surface area (Å²) >= 11 is 0. The summed E-state index contributed by atoms with van der Waals surface area (Å²) < 4.78 is 4.63. The lowest BCUT2D eigenvalue weighted by Crippen LogP contribution is -2.46. The van der Waals surface area contributed by atoms with E-state index in [0.29, 0.717) is 0 Å². The number of aliphatic hydroxyl groups is 5. The van der Waals surface area contributed by atoms with E-state index in [0.717, 1.165) is 0 Å². The minimum atomic E-state index is -2.16. The van der Waals surface area contributed by atoms with E-state index in [2.05, 4.69) is 4.74 Å². The van der Waals surface area contributed by atoms with Gasteiger partial charge >= 0.3 is 0 Å². The van der Waals surface area contributed by atoms with Gasteiger partial charge in [-0.25, -0.2) is 0 Å². The molecule has 0 radical (unpaired) electrons. The van der Waals surface area contributed by atoms with Crippen LogP contribution < -0.4 is 0 Å². The summed E-state index contributed by atoms with van der Waals surface area (Å²) in [7, 11) is 0. The molecule has 0 aromatic rings. The molecule has 0 spiro atoms. The van der Waals surface area contributed by atoms with Crippen LogP contribution in [0.4, 0.5) is 0 Å². The Morgan fingerprint density at radius 3 is 2.00 bits per heavy atom. The van der Waals surface area contributed by atoms with Crippen LogP contribution in [-0.2, 0) is 4.74 Å². The molecular formula is C6H14O7. The first-order valence-electron chi connectivity index (χ1n) is 3.53.